The molecule has 2 rings (SSSR count). The van der Waals surface area contributed by atoms with E-state index in [9.17, 15) is 9.59 Å². The molecule has 1 saturated heterocycles. The molecular formula is C8H11N3O2S. The quantitative estimate of drug-likeness (QED) is 0.538. The Labute approximate surface area is 86.1 Å². The molecule has 2 heterocycles. The first-order chi connectivity index (χ1) is 6.66. The molecule has 0 N–H and O–H groups in total. The lowest BCUT2D eigenvalue weighted by molar-refractivity contribution is -0.132. The van der Waals surface area contributed by atoms with Gasteiger partial charge in [-0.15, -0.1) is 0 Å². The van der Waals surface area contributed by atoms with Gasteiger partial charge in [-0.05, 0) is 0 Å². The number of rotatable bonds is 0. The minimum atomic E-state index is -0.101. The fraction of sp³-hybridized carbons (Fsp3) is 0.625. The second-order valence-electron chi connectivity index (χ2n) is 3.31. The number of hydrogen-bond acceptors (Lipinski definition) is 4. The standard InChI is InChI=1S/C8H11N3O2S/c1-10-2-3-11(4-7(10)13)8-9-6(12)5-14-8/h2-5H2,1H3. The van der Waals surface area contributed by atoms with Gasteiger partial charge < -0.3 is 9.80 Å². The van der Waals surface area contributed by atoms with Crippen molar-refractivity contribution >= 4 is 28.7 Å². The molecule has 0 saturated carbocycles. The summed E-state index contributed by atoms with van der Waals surface area (Å²) in [5.41, 5.74) is 0. The molecule has 0 aromatic heterocycles. The summed E-state index contributed by atoms with van der Waals surface area (Å²) in [6.07, 6.45) is 0. The van der Waals surface area contributed by atoms with Crippen molar-refractivity contribution in [2.24, 2.45) is 4.99 Å². The molecule has 1 fully saturated rings. The average molecular weight is 213 g/mol. The van der Waals surface area contributed by atoms with Crippen molar-refractivity contribution in [1.29, 1.82) is 0 Å². The minimum absolute atomic E-state index is 0.0823. The van der Waals surface area contributed by atoms with Crippen LogP contribution in [0.15, 0.2) is 4.99 Å². The zero-order valence-electron chi connectivity index (χ0n) is 7.89. The van der Waals surface area contributed by atoms with Gasteiger partial charge in [0.25, 0.3) is 5.91 Å². The largest absolute Gasteiger partial charge is 0.342 e. The number of piperazine rings is 1. The SMILES string of the molecule is CN1CCN(C2=NC(=O)CS2)CC1=O. The Kier molecular flexibility index (Phi) is 2.45. The number of likely N-dealkylation sites (N-methyl/N-ethyl adjacent to an activating group) is 1. The fourth-order valence-corrected chi connectivity index (χ4v) is 2.20. The van der Waals surface area contributed by atoms with Crippen molar-refractivity contribution < 1.29 is 9.59 Å². The third-order valence-corrected chi connectivity index (χ3v) is 3.27. The molecule has 0 radical (unpaired) electrons. The normalized spacial score (nSPS) is 23.1. The highest BCUT2D eigenvalue weighted by atomic mass is 32.2. The number of amides is 2. The molecule has 6 heteroatoms. The maximum atomic E-state index is 11.4. The maximum absolute atomic E-state index is 11.4. The van der Waals surface area contributed by atoms with E-state index >= 15 is 0 Å². The summed E-state index contributed by atoms with van der Waals surface area (Å²) in [6.45, 7) is 1.81. The van der Waals surface area contributed by atoms with Gasteiger partial charge in [-0.3, -0.25) is 9.59 Å². The molecule has 14 heavy (non-hydrogen) atoms. The van der Waals surface area contributed by atoms with Crippen LogP contribution in [0.3, 0.4) is 0 Å². The predicted octanol–water partition coefficient (Wildman–Crippen LogP) is -0.610. The van der Waals surface area contributed by atoms with Crippen molar-refractivity contribution in [1.82, 2.24) is 9.80 Å². The Morgan fingerprint density at radius 1 is 1.36 bits per heavy atom. The van der Waals surface area contributed by atoms with Gasteiger partial charge in [0.1, 0.15) is 0 Å². The predicted molar refractivity (Wildman–Crippen MR) is 54.1 cm³/mol. The summed E-state index contributed by atoms with van der Waals surface area (Å²) in [5, 5.41) is 0.705. The van der Waals surface area contributed by atoms with Crippen LogP contribution in [0, 0.1) is 0 Å². The highest BCUT2D eigenvalue weighted by Gasteiger charge is 2.27. The van der Waals surface area contributed by atoms with Crippen LogP contribution < -0.4 is 0 Å². The molecule has 0 spiro atoms. The van der Waals surface area contributed by atoms with Gasteiger partial charge in [0.05, 0.1) is 12.3 Å². The van der Waals surface area contributed by atoms with Gasteiger partial charge in [-0.2, -0.15) is 4.99 Å². The van der Waals surface area contributed by atoms with Crippen LogP contribution in [0.25, 0.3) is 0 Å². The second-order valence-corrected chi connectivity index (χ2v) is 4.26. The number of amidine groups is 1. The Hall–Kier alpha value is -1.04. The van der Waals surface area contributed by atoms with E-state index in [1.807, 2.05) is 4.90 Å². The summed E-state index contributed by atoms with van der Waals surface area (Å²) in [6, 6.07) is 0. The van der Waals surface area contributed by atoms with Gasteiger partial charge in [-0.1, -0.05) is 11.8 Å². The Bertz CT molecular complexity index is 316. The number of thioether (sulfide) groups is 1. The zero-order chi connectivity index (χ0) is 10.1. The van der Waals surface area contributed by atoms with E-state index in [1.54, 1.807) is 11.9 Å². The van der Waals surface area contributed by atoms with Crippen molar-refractivity contribution in [3.63, 3.8) is 0 Å². The molecule has 0 atom stereocenters. The van der Waals surface area contributed by atoms with Crippen molar-refractivity contribution in [2.75, 3.05) is 32.4 Å². The lowest BCUT2D eigenvalue weighted by Crippen LogP contribution is -2.49. The van der Waals surface area contributed by atoms with E-state index in [1.165, 1.54) is 11.8 Å². The summed E-state index contributed by atoms with van der Waals surface area (Å²) >= 11 is 1.42. The van der Waals surface area contributed by atoms with Crippen LogP contribution in [0.4, 0.5) is 0 Å². The molecule has 2 aliphatic rings. The van der Waals surface area contributed by atoms with Gasteiger partial charge in [-0.25, -0.2) is 0 Å². The fourth-order valence-electron chi connectivity index (χ4n) is 1.38. The molecule has 0 aliphatic carbocycles. The smallest absolute Gasteiger partial charge is 0.258 e. The summed E-state index contributed by atoms with van der Waals surface area (Å²) in [7, 11) is 1.79. The Morgan fingerprint density at radius 2 is 2.14 bits per heavy atom. The van der Waals surface area contributed by atoms with E-state index in [2.05, 4.69) is 4.99 Å². The summed E-state index contributed by atoms with van der Waals surface area (Å²) in [5.74, 6) is 0.394. The molecule has 2 aliphatic heterocycles. The van der Waals surface area contributed by atoms with Gasteiger partial charge in [0.15, 0.2) is 5.17 Å². The highest BCUT2D eigenvalue weighted by molar-refractivity contribution is 8.14. The Morgan fingerprint density at radius 3 is 2.71 bits per heavy atom. The first-order valence-electron chi connectivity index (χ1n) is 4.40. The van der Waals surface area contributed by atoms with E-state index < -0.39 is 0 Å². The monoisotopic (exact) mass is 213 g/mol. The molecule has 2 amide bonds. The van der Waals surface area contributed by atoms with E-state index in [4.69, 9.17) is 0 Å². The summed E-state index contributed by atoms with van der Waals surface area (Å²) < 4.78 is 0. The second kappa shape index (κ2) is 3.61. The topological polar surface area (TPSA) is 53.0 Å². The van der Waals surface area contributed by atoms with Crippen LogP contribution in [0.1, 0.15) is 0 Å². The average Bonchev–Trinajstić information content (AvgIpc) is 2.57. The molecule has 0 bridgehead atoms. The third kappa shape index (κ3) is 1.75. The maximum Gasteiger partial charge on any atom is 0.258 e. The number of aliphatic imine (C=N–C) groups is 1. The molecule has 0 aromatic rings. The number of carbonyl (C=O) groups excluding carboxylic acids is 2. The van der Waals surface area contributed by atoms with Crippen molar-refractivity contribution in [3.8, 4) is 0 Å². The molecular weight excluding hydrogens is 202 g/mol. The van der Waals surface area contributed by atoms with Gasteiger partial charge in [0, 0.05) is 20.1 Å². The van der Waals surface area contributed by atoms with Crippen LogP contribution in [0.5, 0.6) is 0 Å². The zero-order valence-corrected chi connectivity index (χ0v) is 8.71. The van der Waals surface area contributed by atoms with Crippen molar-refractivity contribution in [3.05, 3.63) is 0 Å². The van der Waals surface area contributed by atoms with Gasteiger partial charge in [0.2, 0.25) is 5.91 Å². The van der Waals surface area contributed by atoms with E-state index in [0.717, 1.165) is 6.54 Å². The van der Waals surface area contributed by atoms with E-state index in [0.29, 0.717) is 24.0 Å². The van der Waals surface area contributed by atoms with Crippen LogP contribution in [0.2, 0.25) is 0 Å². The lowest BCUT2D eigenvalue weighted by atomic mass is 10.3. The summed E-state index contributed by atoms with van der Waals surface area (Å²) in [4.78, 5) is 29.7. The molecule has 0 aromatic carbocycles. The Balaban J connectivity index is 2.03. The van der Waals surface area contributed by atoms with Crippen molar-refractivity contribution in [2.45, 2.75) is 0 Å². The first-order valence-corrected chi connectivity index (χ1v) is 5.38. The number of nitrogens with zero attached hydrogens (tertiary/aromatic N) is 3. The first kappa shape index (κ1) is 9.51. The lowest BCUT2D eigenvalue weighted by Gasteiger charge is -2.32. The van der Waals surface area contributed by atoms with Crippen LogP contribution in [-0.2, 0) is 9.59 Å². The molecule has 5 nitrogen and oxygen atoms in total. The highest BCUT2D eigenvalue weighted by Crippen LogP contribution is 2.17. The number of carbonyl (C=O) groups is 2. The number of hydrogen-bond donors (Lipinski definition) is 0. The van der Waals surface area contributed by atoms with Gasteiger partial charge >= 0.3 is 0 Å². The third-order valence-electron chi connectivity index (χ3n) is 2.27. The molecule has 0 unspecified atom stereocenters. The van der Waals surface area contributed by atoms with Crippen LogP contribution >= 0.6 is 11.8 Å². The van der Waals surface area contributed by atoms with Crippen LogP contribution in [-0.4, -0.2) is 59.2 Å². The minimum Gasteiger partial charge on any atom is -0.342 e. The van der Waals surface area contributed by atoms with E-state index in [-0.39, 0.29) is 11.8 Å². The molecule has 76 valence electrons.